The Balaban J connectivity index is 2.43. The monoisotopic (exact) mass is 330 g/mol. The number of aromatic amines is 1. The molecule has 2 aromatic rings. The number of nitrogens with one attached hydrogen (secondary N) is 1. The first kappa shape index (κ1) is 15.1. The van der Waals surface area contributed by atoms with Crippen molar-refractivity contribution in [1.29, 1.82) is 0 Å². The number of H-pyrrole nitrogens is 1. The third kappa shape index (κ3) is 1.97. The van der Waals surface area contributed by atoms with E-state index in [-0.39, 0.29) is 17.0 Å². The molecule has 0 fully saturated rings. The highest BCUT2D eigenvalue weighted by molar-refractivity contribution is 6.53. The summed E-state index contributed by atoms with van der Waals surface area (Å²) in [6.45, 7) is 0. The summed E-state index contributed by atoms with van der Waals surface area (Å²) < 4.78 is 0. The van der Waals surface area contributed by atoms with E-state index in [9.17, 15) is 29.1 Å². The lowest BCUT2D eigenvalue weighted by atomic mass is 9.88. The summed E-state index contributed by atoms with van der Waals surface area (Å²) in [5.41, 5.74) is -3.27. The average molecular weight is 330 g/mol. The highest BCUT2D eigenvalue weighted by Gasteiger charge is 2.38. The summed E-state index contributed by atoms with van der Waals surface area (Å²) in [5.74, 6) is -6.88. The highest BCUT2D eigenvalue weighted by Crippen LogP contribution is 2.34. The zero-order valence-corrected chi connectivity index (χ0v) is 11.5. The Bertz CT molecular complexity index is 985. The van der Waals surface area contributed by atoms with Gasteiger partial charge in [0.15, 0.2) is 0 Å². The molecule has 0 atom stereocenters. The van der Waals surface area contributed by atoms with Gasteiger partial charge in [0.05, 0.1) is 22.4 Å². The zero-order chi connectivity index (χ0) is 17.8. The van der Waals surface area contributed by atoms with E-state index >= 15 is 0 Å². The number of carboxylic acid groups (broad SMARTS) is 3. The lowest BCUT2D eigenvalue weighted by molar-refractivity contribution is 0.0675. The molecular formula is C14H6N2O8. The lowest BCUT2D eigenvalue weighted by Gasteiger charge is -2.16. The lowest BCUT2D eigenvalue weighted by Crippen LogP contribution is -2.25. The Kier molecular flexibility index (Phi) is 3.04. The number of carbonyl (C=O) groups excluding carboxylic acids is 2. The summed E-state index contributed by atoms with van der Waals surface area (Å²) in [6.07, 6.45) is 0. The molecule has 4 N–H and O–H groups in total. The molecule has 0 aliphatic heterocycles. The van der Waals surface area contributed by atoms with Gasteiger partial charge in [-0.25, -0.2) is 19.4 Å². The first-order valence-corrected chi connectivity index (χ1v) is 6.29. The maximum Gasteiger partial charge on any atom is 0.354 e. The van der Waals surface area contributed by atoms with Crippen LogP contribution in [-0.4, -0.2) is 54.8 Å². The van der Waals surface area contributed by atoms with Gasteiger partial charge in [-0.2, -0.15) is 0 Å². The molecule has 0 unspecified atom stereocenters. The fraction of sp³-hybridized carbons (Fsp3) is 0. The Morgan fingerprint density at radius 3 is 2.12 bits per heavy atom. The van der Waals surface area contributed by atoms with Crippen molar-refractivity contribution in [2.75, 3.05) is 0 Å². The Morgan fingerprint density at radius 2 is 1.58 bits per heavy atom. The third-order valence-corrected chi connectivity index (χ3v) is 3.43. The number of aromatic nitrogens is 2. The van der Waals surface area contributed by atoms with Gasteiger partial charge in [0.2, 0.25) is 11.6 Å². The summed E-state index contributed by atoms with van der Waals surface area (Å²) in [5, 5.41) is 27.2. The molecule has 2 aromatic heterocycles. The van der Waals surface area contributed by atoms with Crippen molar-refractivity contribution in [3.05, 3.63) is 40.2 Å². The molecule has 10 nitrogen and oxygen atoms in total. The first-order chi connectivity index (χ1) is 11.2. The van der Waals surface area contributed by atoms with Crippen LogP contribution in [0.4, 0.5) is 0 Å². The van der Waals surface area contributed by atoms with Gasteiger partial charge in [-0.3, -0.25) is 9.59 Å². The maximum atomic E-state index is 12.2. The van der Waals surface area contributed by atoms with Crippen molar-refractivity contribution in [2.45, 2.75) is 0 Å². The van der Waals surface area contributed by atoms with Gasteiger partial charge in [-0.05, 0) is 12.1 Å². The summed E-state index contributed by atoms with van der Waals surface area (Å²) in [6, 6.07) is 1.58. The number of Topliss-reactive ketones (excluding diaryl/α,β-unsaturated/α-hetero) is 2. The highest BCUT2D eigenvalue weighted by atomic mass is 16.4. The number of aromatic carboxylic acids is 3. The smallest absolute Gasteiger partial charge is 0.354 e. The van der Waals surface area contributed by atoms with E-state index in [2.05, 4.69) is 9.97 Å². The second-order valence-electron chi connectivity index (χ2n) is 4.82. The molecule has 1 aliphatic carbocycles. The van der Waals surface area contributed by atoms with Crippen LogP contribution in [0.2, 0.25) is 0 Å². The Labute approximate surface area is 131 Å². The van der Waals surface area contributed by atoms with Crippen molar-refractivity contribution in [3.63, 3.8) is 0 Å². The SMILES string of the molecule is O=C(O)c1cc(C(=O)O)c2c(n1)-c1[nH]c(C(=O)O)cc1C(=O)C2=O. The van der Waals surface area contributed by atoms with Crippen LogP contribution in [-0.2, 0) is 0 Å². The van der Waals surface area contributed by atoms with E-state index in [1.165, 1.54) is 0 Å². The molecule has 0 bridgehead atoms. The zero-order valence-electron chi connectivity index (χ0n) is 11.5. The van der Waals surface area contributed by atoms with Crippen LogP contribution in [0, 0.1) is 0 Å². The van der Waals surface area contributed by atoms with Crippen molar-refractivity contribution in [2.24, 2.45) is 0 Å². The molecule has 0 amide bonds. The van der Waals surface area contributed by atoms with Crippen LogP contribution in [0.15, 0.2) is 12.1 Å². The summed E-state index contributed by atoms with van der Waals surface area (Å²) in [4.78, 5) is 63.8. The van der Waals surface area contributed by atoms with E-state index in [0.29, 0.717) is 6.07 Å². The second kappa shape index (κ2) is 4.84. The number of carbonyl (C=O) groups is 5. The number of rotatable bonds is 3. The average Bonchev–Trinajstić information content (AvgIpc) is 2.97. The van der Waals surface area contributed by atoms with Gasteiger partial charge in [0.25, 0.3) is 0 Å². The fourth-order valence-corrected chi connectivity index (χ4v) is 2.41. The number of pyridine rings is 1. The maximum absolute atomic E-state index is 12.2. The molecule has 0 saturated heterocycles. The van der Waals surface area contributed by atoms with E-state index < -0.39 is 52.0 Å². The number of fused-ring (bicyclic) bond motifs is 3. The van der Waals surface area contributed by atoms with Crippen molar-refractivity contribution >= 4 is 29.5 Å². The van der Waals surface area contributed by atoms with Crippen LogP contribution in [0.25, 0.3) is 11.4 Å². The number of ketones is 2. The van der Waals surface area contributed by atoms with Gasteiger partial charge in [0.1, 0.15) is 17.1 Å². The molecule has 10 heteroatoms. The van der Waals surface area contributed by atoms with Crippen molar-refractivity contribution < 1.29 is 39.3 Å². The molecule has 3 rings (SSSR count). The third-order valence-electron chi connectivity index (χ3n) is 3.43. The Hall–Kier alpha value is -3.82. The molecule has 0 spiro atoms. The predicted octanol–water partition coefficient (Wildman–Crippen LogP) is 0.550. The molecule has 0 radical (unpaired) electrons. The molecule has 120 valence electrons. The summed E-state index contributed by atoms with van der Waals surface area (Å²) in [7, 11) is 0. The van der Waals surface area contributed by atoms with Crippen LogP contribution < -0.4 is 0 Å². The number of hydrogen-bond acceptors (Lipinski definition) is 6. The number of carboxylic acids is 3. The van der Waals surface area contributed by atoms with E-state index in [0.717, 1.165) is 6.07 Å². The molecule has 24 heavy (non-hydrogen) atoms. The van der Waals surface area contributed by atoms with Crippen LogP contribution in [0.5, 0.6) is 0 Å². The van der Waals surface area contributed by atoms with Crippen LogP contribution in [0.3, 0.4) is 0 Å². The largest absolute Gasteiger partial charge is 0.478 e. The van der Waals surface area contributed by atoms with Gasteiger partial charge < -0.3 is 20.3 Å². The minimum absolute atomic E-state index is 0.211. The number of hydrogen-bond donors (Lipinski definition) is 4. The standard InChI is InChI=1S/C14H6N2O8/c17-10-4-2-6(14(23)24)15-8(4)9-7(11(10)18)3(12(19)20)1-5(16-9)13(21)22/h1-2,15H,(H,19,20)(H,21,22)(H,23,24). The van der Waals surface area contributed by atoms with E-state index in [1.54, 1.807) is 0 Å². The van der Waals surface area contributed by atoms with Crippen LogP contribution in [0.1, 0.15) is 52.1 Å². The van der Waals surface area contributed by atoms with E-state index in [4.69, 9.17) is 10.2 Å². The fourth-order valence-electron chi connectivity index (χ4n) is 2.41. The summed E-state index contributed by atoms with van der Waals surface area (Å²) >= 11 is 0. The van der Waals surface area contributed by atoms with Gasteiger partial charge >= 0.3 is 17.9 Å². The van der Waals surface area contributed by atoms with Crippen molar-refractivity contribution in [1.82, 2.24) is 9.97 Å². The molecular weight excluding hydrogens is 324 g/mol. The molecule has 2 heterocycles. The van der Waals surface area contributed by atoms with Crippen LogP contribution >= 0.6 is 0 Å². The second-order valence-corrected chi connectivity index (χ2v) is 4.82. The predicted molar refractivity (Wildman–Crippen MR) is 73.6 cm³/mol. The minimum Gasteiger partial charge on any atom is -0.478 e. The molecule has 1 aliphatic rings. The van der Waals surface area contributed by atoms with E-state index in [1.807, 2.05) is 0 Å². The quantitative estimate of drug-likeness (QED) is 0.585. The van der Waals surface area contributed by atoms with Crippen molar-refractivity contribution in [3.8, 4) is 11.4 Å². The molecule has 0 saturated carbocycles. The van der Waals surface area contributed by atoms with Gasteiger partial charge in [0, 0.05) is 0 Å². The first-order valence-electron chi connectivity index (χ1n) is 6.29. The topological polar surface area (TPSA) is 175 Å². The Morgan fingerprint density at radius 1 is 0.917 bits per heavy atom. The number of nitrogens with zero attached hydrogens (tertiary/aromatic N) is 1. The van der Waals surface area contributed by atoms with Gasteiger partial charge in [-0.1, -0.05) is 0 Å². The van der Waals surface area contributed by atoms with Gasteiger partial charge in [-0.15, -0.1) is 0 Å². The minimum atomic E-state index is -1.62. The normalized spacial score (nSPS) is 12.5. The molecule has 0 aromatic carbocycles.